The molecular formula is C11H14N2O2. The summed E-state index contributed by atoms with van der Waals surface area (Å²) in [6, 6.07) is -0.507. The maximum Gasteiger partial charge on any atom is 0.327 e. The van der Waals surface area contributed by atoms with Crippen LogP contribution < -0.4 is 0 Å². The highest BCUT2D eigenvalue weighted by atomic mass is 16.2. The van der Waals surface area contributed by atoms with Crippen LogP contribution in [0.2, 0.25) is 0 Å². The lowest BCUT2D eigenvalue weighted by atomic mass is 10.2. The van der Waals surface area contributed by atoms with Crippen molar-refractivity contribution in [1.29, 1.82) is 0 Å². The van der Waals surface area contributed by atoms with Crippen LogP contribution in [0.15, 0.2) is 12.7 Å². The van der Waals surface area contributed by atoms with Crippen LogP contribution in [-0.4, -0.2) is 40.9 Å². The number of urea groups is 1. The second kappa shape index (κ2) is 4.65. The minimum absolute atomic E-state index is 0.125. The molecule has 1 aliphatic heterocycles. The summed E-state index contributed by atoms with van der Waals surface area (Å²) in [5, 5.41) is 0. The van der Waals surface area contributed by atoms with Crippen molar-refractivity contribution in [3.8, 4) is 12.3 Å². The highest BCUT2D eigenvalue weighted by Gasteiger charge is 2.37. The Bertz CT molecular complexity index is 330. The van der Waals surface area contributed by atoms with Crippen LogP contribution in [0.25, 0.3) is 0 Å². The summed E-state index contributed by atoms with van der Waals surface area (Å²) in [6.45, 7) is 5.82. The van der Waals surface area contributed by atoms with E-state index < -0.39 is 0 Å². The molecule has 80 valence electrons. The molecule has 0 aromatic rings. The lowest BCUT2D eigenvalue weighted by Gasteiger charge is -2.20. The van der Waals surface area contributed by atoms with Gasteiger partial charge >= 0.3 is 6.03 Å². The molecule has 1 unspecified atom stereocenters. The Balaban J connectivity index is 2.75. The fraction of sp³-hybridized carbons (Fsp3) is 0.455. The first-order valence-corrected chi connectivity index (χ1v) is 4.77. The van der Waals surface area contributed by atoms with Gasteiger partial charge in [0.1, 0.15) is 6.54 Å². The van der Waals surface area contributed by atoms with Gasteiger partial charge in [0.2, 0.25) is 0 Å². The van der Waals surface area contributed by atoms with Gasteiger partial charge in [-0.2, -0.15) is 0 Å². The summed E-state index contributed by atoms with van der Waals surface area (Å²) in [7, 11) is 0. The number of amides is 3. The van der Waals surface area contributed by atoms with E-state index in [2.05, 4.69) is 12.5 Å². The van der Waals surface area contributed by atoms with Crippen LogP contribution in [0, 0.1) is 12.3 Å². The van der Waals surface area contributed by atoms with E-state index in [9.17, 15) is 9.59 Å². The lowest BCUT2D eigenvalue weighted by molar-refractivity contribution is -0.126. The van der Waals surface area contributed by atoms with Crippen LogP contribution in [-0.2, 0) is 4.79 Å². The maximum absolute atomic E-state index is 11.7. The number of carbonyl (C=O) groups excluding carboxylic acids is 2. The van der Waals surface area contributed by atoms with Crippen molar-refractivity contribution in [3.05, 3.63) is 12.7 Å². The van der Waals surface area contributed by atoms with E-state index in [-0.39, 0.29) is 24.5 Å². The van der Waals surface area contributed by atoms with Gasteiger partial charge in [-0.25, -0.2) is 4.79 Å². The fourth-order valence-corrected chi connectivity index (χ4v) is 1.56. The Morgan fingerprint density at radius 1 is 1.67 bits per heavy atom. The Morgan fingerprint density at radius 3 is 2.87 bits per heavy atom. The van der Waals surface area contributed by atoms with Crippen molar-refractivity contribution in [1.82, 2.24) is 9.80 Å². The molecule has 0 N–H and O–H groups in total. The van der Waals surface area contributed by atoms with Gasteiger partial charge in [0.15, 0.2) is 0 Å². The summed E-state index contributed by atoms with van der Waals surface area (Å²) in [5.74, 6) is 2.26. The third-order valence-electron chi connectivity index (χ3n) is 2.27. The molecule has 0 bridgehead atoms. The number of terminal acetylenes is 1. The maximum atomic E-state index is 11.7. The van der Waals surface area contributed by atoms with Crippen molar-refractivity contribution < 1.29 is 9.59 Å². The number of carbonyl (C=O) groups is 2. The van der Waals surface area contributed by atoms with Gasteiger partial charge in [-0.15, -0.1) is 18.9 Å². The molecule has 0 spiro atoms. The molecular weight excluding hydrogens is 192 g/mol. The van der Waals surface area contributed by atoms with Gasteiger partial charge in [0.25, 0.3) is 5.91 Å². The zero-order chi connectivity index (χ0) is 11.4. The first kappa shape index (κ1) is 11.3. The van der Waals surface area contributed by atoms with E-state index in [1.54, 1.807) is 13.0 Å². The van der Waals surface area contributed by atoms with Crippen molar-refractivity contribution in [2.24, 2.45) is 0 Å². The molecule has 1 heterocycles. The molecule has 1 fully saturated rings. The van der Waals surface area contributed by atoms with Crippen molar-refractivity contribution in [2.75, 3.05) is 13.1 Å². The van der Waals surface area contributed by atoms with Crippen LogP contribution in [0.1, 0.15) is 13.3 Å². The van der Waals surface area contributed by atoms with Gasteiger partial charge in [-0.3, -0.25) is 9.69 Å². The second-order valence-electron chi connectivity index (χ2n) is 3.47. The van der Waals surface area contributed by atoms with E-state index >= 15 is 0 Å². The Labute approximate surface area is 89.5 Å². The van der Waals surface area contributed by atoms with Crippen molar-refractivity contribution >= 4 is 11.9 Å². The Kier molecular flexibility index (Phi) is 3.51. The monoisotopic (exact) mass is 206 g/mol. The summed E-state index contributed by atoms with van der Waals surface area (Å²) >= 11 is 0. The molecule has 1 atom stereocenters. The molecule has 3 amide bonds. The first-order valence-electron chi connectivity index (χ1n) is 4.77. The lowest BCUT2D eigenvalue weighted by Crippen LogP contribution is -2.39. The molecule has 0 aromatic carbocycles. The molecule has 1 aliphatic rings. The molecule has 1 rings (SSSR count). The topological polar surface area (TPSA) is 40.6 Å². The Hall–Kier alpha value is -1.76. The summed E-state index contributed by atoms with van der Waals surface area (Å²) in [4.78, 5) is 26.0. The average molecular weight is 206 g/mol. The van der Waals surface area contributed by atoms with Crippen molar-refractivity contribution in [3.63, 3.8) is 0 Å². The van der Waals surface area contributed by atoms with Gasteiger partial charge in [-0.05, 0) is 6.92 Å². The average Bonchev–Trinajstić information content (AvgIpc) is 2.43. The van der Waals surface area contributed by atoms with E-state index in [4.69, 9.17) is 6.42 Å². The van der Waals surface area contributed by atoms with E-state index in [0.29, 0.717) is 13.0 Å². The molecule has 0 radical (unpaired) electrons. The SMILES string of the molecule is C#CCC(C)N1C(=O)CN(CC=C)C1=O. The fourth-order valence-electron chi connectivity index (χ4n) is 1.56. The van der Waals surface area contributed by atoms with Crippen LogP contribution >= 0.6 is 0 Å². The molecule has 0 saturated carbocycles. The van der Waals surface area contributed by atoms with E-state index in [1.165, 1.54) is 9.80 Å². The molecule has 4 nitrogen and oxygen atoms in total. The predicted octanol–water partition coefficient (Wildman–Crippen LogP) is 0.848. The molecule has 0 aromatic heterocycles. The zero-order valence-electron chi connectivity index (χ0n) is 8.77. The molecule has 0 aliphatic carbocycles. The predicted molar refractivity (Wildman–Crippen MR) is 56.9 cm³/mol. The summed E-state index contributed by atoms with van der Waals surface area (Å²) in [6.07, 6.45) is 7.14. The number of imide groups is 1. The summed E-state index contributed by atoms with van der Waals surface area (Å²) < 4.78 is 0. The Morgan fingerprint density at radius 2 is 2.33 bits per heavy atom. The smallest absolute Gasteiger partial charge is 0.311 e. The normalized spacial score (nSPS) is 17.9. The third kappa shape index (κ3) is 2.18. The van der Waals surface area contributed by atoms with Gasteiger partial charge in [0.05, 0.1) is 0 Å². The molecule has 4 heteroatoms. The number of hydrogen-bond acceptors (Lipinski definition) is 2. The van der Waals surface area contributed by atoms with Gasteiger partial charge < -0.3 is 4.90 Å². The van der Waals surface area contributed by atoms with Gasteiger partial charge in [0, 0.05) is 19.0 Å². The zero-order valence-corrected chi connectivity index (χ0v) is 8.77. The molecule has 1 saturated heterocycles. The minimum Gasteiger partial charge on any atom is -0.311 e. The summed E-state index contributed by atoms with van der Waals surface area (Å²) in [5.41, 5.74) is 0. The number of rotatable bonds is 4. The number of nitrogens with zero attached hydrogens (tertiary/aromatic N) is 2. The minimum atomic E-state index is -0.275. The highest BCUT2D eigenvalue weighted by Crippen LogP contribution is 2.15. The van der Waals surface area contributed by atoms with Crippen LogP contribution in [0.4, 0.5) is 4.79 Å². The standard InChI is InChI=1S/C11H14N2O2/c1-4-6-9(3)13-10(14)8-12(7-5-2)11(13)15/h1,5,9H,2,6-8H2,3H3. The highest BCUT2D eigenvalue weighted by molar-refractivity contribution is 6.02. The largest absolute Gasteiger partial charge is 0.327 e. The van der Waals surface area contributed by atoms with Crippen LogP contribution in [0.5, 0.6) is 0 Å². The third-order valence-corrected chi connectivity index (χ3v) is 2.27. The van der Waals surface area contributed by atoms with E-state index in [1.807, 2.05) is 0 Å². The van der Waals surface area contributed by atoms with Crippen LogP contribution in [0.3, 0.4) is 0 Å². The second-order valence-corrected chi connectivity index (χ2v) is 3.47. The quantitative estimate of drug-likeness (QED) is 0.388. The van der Waals surface area contributed by atoms with Crippen molar-refractivity contribution in [2.45, 2.75) is 19.4 Å². The van der Waals surface area contributed by atoms with Gasteiger partial charge in [-0.1, -0.05) is 6.08 Å². The van der Waals surface area contributed by atoms with E-state index in [0.717, 1.165) is 0 Å². The first-order chi connectivity index (χ1) is 7.11. The molecule has 15 heavy (non-hydrogen) atoms. The number of hydrogen-bond donors (Lipinski definition) is 0.